The highest BCUT2D eigenvalue weighted by Gasteiger charge is 2.51. The molecule has 1 saturated carbocycles. The van der Waals surface area contributed by atoms with Crippen LogP contribution in [-0.2, 0) is 10.2 Å². The number of carbonyl (C=O) groups is 1. The zero-order valence-electron chi connectivity index (χ0n) is 11.1. The SMILES string of the molecule is CC(NC(=O)C1(c2ccc(F)cc2)CC1)c1ncn[nH]1. The van der Waals surface area contributed by atoms with Crippen molar-refractivity contribution in [3.63, 3.8) is 0 Å². The van der Waals surface area contributed by atoms with E-state index in [4.69, 9.17) is 0 Å². The lowest BCUT2D eigenvalue weighted by atomic mass is 9.94. The first-order valence-corrected chi connectivity index (χ1v) is 6.54. The Balaban J connectivity index is 1.75. The van der Waals surface area contributed by atoms with Gasteiger partial charge in [-0.25, -0.2) is 9.37 Å². The molecule has 5 nitrogen and oxygen atoms in total. The lowest BCUT2D eigenvalue weighted by Crippen LogP contribution is -2.36. The predicted molar refractivity (Wildman–Crippen MR) is 70.3 cm³/mol. The first-order valence-electron chi connectivity index (χ1n) is 6.54. The number of amides is 1. The summed E-state index contributed by atoms with van der Waals surface area (Å²) in [4.78, 5) is 16.5. The van der Waals surface area contributed by atoms with Crippen LogP contribution in [0, 0.1) is 5.82 Å². The van der Waals surface area contributed by atoms with Gasteiger partial charge in [0.15, 0.2) is 0 Å². The highest BCUT2D eigenvalue weighted by molar-refractivity contribution is 5.91. The number of aromatic nitrogens is 3. The van der Waals surface area contributed by atoms with Crippen molar-refractivity contribution in [2.75, 3.05) is 0 Å². The Morgan fingerprint density at radius 2 is 2.10 bits per heavy atom. The number of aromatic amines is 1. The molecule has 1 amide bonds. The maximum absolute atomic E-state index is 13.0. The molecule has 1 aliphatic carbocycles. The summed E-state index contributed by atoms with van der Waals surface area (Å²) < 4.78 is 13.0. The molecule has 0 spiro atoms. The van der Waals surface area contributed by atoms with Crippen molar-refractivity contribution in [3.05, 3.63) is 47.8 Å². The van der Waals surface area contributed by atoms with E-state index in [1.165, 1.54) is 18.5 Å². The van der Waals surface area contributed by atoms with Gasteiger partial charge in [-0.2, -0.15) is 5.10 Å². The van der Waals surface area contributed by atoms with Crippen LogP contribution in [0.1, 0.15) is 37.2 Å². The van der Waals surface area contributed by atoms with Gasteiger partial charge in [-0.3, -0.25) is 9.89 Å². The van der Waals surface area contributed by atoms with E-state index in [1.807, 2.05) is 6.92 Å². The maximum Gasteiger partial charge on any atom is 0.231 e. The second kappa shape index (κ2) is 4.70. The molecule has 0 saturated heterocycles. The standard InChI is InChI=1S/C14H15FN4O/c1-9(12-16-8-17-19-12)18-13(20)14(6-7-14)10-2-4-11(15)5-3-10/h2-5,8-9H,6-7H2,1H3,(H,18,20)(H,16,17,19). The van der Waals surface area contributed by atoms with Gasteiger partial charge < -0.3 is 5.32 Å². The summed E-state index contributed by atoms with van der Waals surface area (Å²) in [6.07, 6.45) is 2.98. The molecule has 6 heteroatoms. The van der Waals surface area contributed by atoms with E-state index in [1.54, 1.807) is 12.1 Å². The van der Waals surface area contributed by atoms with Crippen molar-refractivity contribution < 1.29 is 9.18 Å². The fourth-order valence-electron chi connectivity index (χ4n) is 2.37. The lowest BCUT2D eigenvalue weighted by molar-refractivity contribution is -0.124. The summed E-state index contributed by atoms with van der Waals surface area (Å²) in [6.45, 7) is 1.85. The van der Waals surface area contributed by atoms with Crippen molar-refractivity contribution in [3.8, 4) is 0 Å². The van der Waals surface area contributed by atoms with E-state index in [2.05, 4.69) is 20.5 Å². The first kappa shape index (κ1) is 12.8. The molecule has 1 atom stereocenters. The maximum atomic E-state index is 13.0. The van der Waals surface area contributed by atoms with Crippen LogP contribution in [0.4, 0.5) is 4.39 Å². The summed E-state index contributed by atoms with van der Waals surface area (Å²) in [7, 11) is 0. The summed E-state index contributed by atoms with van der Waals surface area (Å²) in [5.41, 5.74) is 0.350. The molecule has 20 heavy (non-hydrogen) atoms. The fraction of sp³-hybridized carbons (Fsp3) is 0.357. The van der Waals surface area contributed by atoms with Gasteiger partial charge in [0, 0.05) is 0 Å². The Labute approximate surface area is 115 Å². The molecule has 0 bridgehead atoms. The minimum Gasteiger partial charge on any atom is -0.346 e. The average molecular weight is 274 g/mol. The van der Waals surface area contributed by atoms with Crippen molar-refractivity contribution >= 4 is 5.91 Å². The molecule has 104 valence electrons. The molecule has 0 radical (unpaired) electrons. The summed E-state index contributed by atoms with van der Waals surface area (Å²) in [5.74, 6) is 0.279. The second-order valence-electron chi connectivity index (χ2n) is 5.15. The molecule has 1 unspecified atom stereocenters. The normalized spacial score (nSPS) is 17.5. The molecule has 1 aromatic carbocycles. The van der Waals surface area contributed by atoms with Crippen molar-refractivity contribution in [1.82, 2.24) is 20.5 Å². The quantitative estimate of drug-likeness (QED) is 0.894. The first-order chi connectivity index (χ1) is 9.62. The molecule has 1 aromatic heterocycles. The lowest BCUT2D eigenvalue weighted by Gasteiger charge is -2.18. The molecule has 2 N–H and O–H groups in total. The third-order valence-corrected chi connectivity index (χ3v) is 3.77. The van der Waals surface area contributed by atoms with Gasteiger partial charge in [0.1, 0.15) is 18.0 Å². The van der Waals surface area contributed by atoms with Crippen LogP contribution in [0.2, 0.25) is 0 Å². The number of nitrogens with zero attached hydrogens (tertiary/aromatic N) is 2. The Hall–Kier alpha value is -2.24. The van der Waals surface area contributed by atoms with Crippen LogP contribution in [0.3, 0.4) is 0 Å². The van der Waals surface area contributed by atoms with Gasteiger partial charge >= 0.3 is 0 Å². The van der Waals surface area contributed by atoms with Gasteiger partial charge in [-0.1, -0.05) is 12.1 Å². The molecular formula is C14H15FN4O. The highest BCUT2D eigenvalue weighted by Crippen LogP contribution is 2.48. The van der Waals surface area contributed by atoms with E-state index in [9.17, 15) is 9.18 Å². The number of H-pyrrole nitrogens is 1. The average Bonchev–Trinajstić information content (AvgIpc) is 3.06. The molecule has 1 aliphatic rings. The number of rotatable bonds is 4. The van der Waals surface area contributed by atoms with E-state index in [0.29, 0.717) is 5.82 Å². The van der Waals surface area contributed by atoms with Crippen LogP contribution in [-0.4, -0.2) is 21.1 Å². The summed E-state index contributed by atoms with van der Waals surface area (Å²) >= 11 is 0. The Bertz CT molecular complexity index is 605. The number of nitrogens with one attached hydrogen (secondary N) is 2. The minimum absolute atomic E-state index is 0.0481. The van der Waals surface area contributed by atoms with Gasteiger partial charge in [-0.05, 0) is 37.5 Å². The molecule has 3 rings (SSSR count). The molecule has 2 aromatic rings. The van der Waals surface area contributed by atoms with E-state index >= 15 is 0 Å². The number of benzene rings is 1. The Morgan fingerprint density at radius 3 is 2.65 bits per heavy atom. The van der Waals surface area contributed by atoms with E-state index in [-0.39, 0.29) is 17.8 Å². The van der Waals surface area contributed by atoms with Crippen LogP contribution in [0.15, 0.2) is 30.6 Å². The number of carbonyl (C=O) groups excluding carboxylic acids is 1. The molecule has 1 fully saturated rings. The summed E-state index contributed by atoms with van der Waals surface area (Å²) in [6, 6.07) is 5.91. The number of halogens is 1. The van der Waals surface area contributed by atoms with Crippen molar-refractivity contribution in [2.45, 2.75) is 31.2 Å². The Kier molecular flexibility index (Phi) is 3.00. The van der Waals surface area contributed by atoms with Gasteiger partial charge in [0.25, 0.3) is 0 Å². The van der Waals surface area contributed by atoms with E-state index in [0.717, 1.165) is 18.4 Å². The van der Waals surface area contributed by atoms with Crippen molar-refractivity contribution in [1.29, 1.82) is 0 Å². The van der Waals surface area contributed by atoms with Crippen molar-refractivity contribution in [2.24, 2.45) is 0 Å². The smallest absolute Gasteiger partial charge is 0.231 e. The van der Waals surface area contributed by atoms with Gasteiger partial charge in [0.05, 0.1) is 11.5 Å². The predicted octanol–water partition coefficient (Wildman–Crippen LogP) is 1.85. The largest absolute Gasteiger partial charge is 0.346 e. The van der Waals surface area contributed by atoms with Crippen LogP contribution < -0.4 is 5.32 Å². The Morgan fingerprint density at radius 1 is 1.40 bits per heavy atom. The van der Waals surface area contributed by atoms with Crippen LogP contribution >= 0.6 is 0 Å². The zero-order chi connectivity index (χ0) is 14.2. The molecule has 1 heterocycles. The molecular weight excluding hydrogens is 259 g/mol. The van der Waals surface area contributed by atoms with Crippen LogP contribution in [0.25, 0.3) is 0 Å². The van der Waals surface area contributed by atoms with Gasteiger partial charge in [-0.15, -0.1) is 0 Å². The van der Waals surface area contributed by atoms with Crippen LogP contribution in [0.5, 0.6) is 0 Å². The third-order valence-electron chi connectivity index (χ3n) is 3.77. The topological polar surface area (TPSA) is 70.7 Å². The molecule has 0 aliphatic heterocycles. The third kappa shape index (κ3) is 2.17. The fourth-order valence-corrected chi connectivity index (χ4v) is 2.37. The minimum atomic E-state index is -0.512. The second-order valence-corrected chi connectivity index (χ2v) is 5.15. The number of hydrogen-bond donors (Lipinski definition) is 2. The number of hydrogen-bond acceptors (Lipinski definition) is 3. The highest BCUT2D eigenvalue weighted by atomic mass is 19.1. The van der Waals surface area contributed by atoms with E-state index < -0.39 is 5.41 Å². The zero-order valence-corrected chi connectivity index (χ0v) is 11.1. The summed E-state index contributed by atoms with van der Waals surface area (Å²) in [5, 5.41) is 9.43. The van der Waals surface area contributed by atoms with Gasteiger partial charge in [0.2, 0.25) is 5.91 Å². The monoisotopic (exact) mass is 274 g/mol.